The third-order valence-corrected chi connectivity index (χ3v) is 1.80. The van der Waals surface area contributed by atoms with Crippen LogP contribution in [0.5, 0.6) is 0 Å². The Morgan fingerprint density at radius 1 is 1.30 bits per heavy atom. The van der Waals surface area contributed by atoms with Crippen molar-refractivity contribution in [2.75, 3.05) is 6.61 Å². The number of hydrogen-bond donors (Lipinski definition) is 1. The SMILES string of the molecule is CCCCC(CC)CO.[SnH2]. The van der Waals surface area contributed by atoms with Gasteiger partial charge in [-0.15, -0.1) is 0 Å². The molecule has 1 N–H and O–H groups in total. The zero-order valence-electron chi connectivity index (χ0n) is 7.27. The molecule has 0 aromatic rings. The van der Waals surface area contributed by atoms with E-state index in [-0.39, 0.29) is 23.9 Å². The molecule has 1 nitrogen and oxygen atoms in total. The van der Waals surface area contributed by atoms with Crippen molar-refractivity contribution in [3.63, 3.8) is 0 Å². The van der Waals surface area contributed by atoms with Crippen LogP contribution in [-0.4, -0.2) is 35.6 Å². The molecule has 0 amide bonds. The molecule has 1 atom stereocenters. The van der Waals surface area contributed by atoms with E-state index in [9.17, 15) is 0 Å². The van der Waals surface area contributed by atoms with Crippen molar-refractivity contribution in [2.45, 2.75) is 39.5 Å². The van der Waals surface area contributed by atoms with Crippen LogP contribution in [0.1, 0.15) is 39.5 Å². The molecule has 0 bridgehead atoms. The average molecular weight is 251 g/mol. The van der Waals surface area contributed by atoms with Gasteiger partial charge in [0, 0.05) is 6.61 Å². The molecule has 2 radical (unpaired) electrons. The van der Waals surface area contributed by atoms with E-state index in [0.717, 1.165) is 6.42 Å². The number of rotatable bonds is 5. The fourth-order valence-corrected chi connectivity index (χ4v) is 0.917. The molecule has 0 spiro atoms. The van der Waals surface area contributed by atoms with Crippen LogP contribution in [0, 0.1) is 5.92 Å². The predicted octanol–water partition coefficient (Wildman–Crippen LogP) is 1.28. The first kappa shape index (κ1) is 13.4. The topological polar surface area (TPSA) is 20.2 Å². The molecule has 0 aromatic carbocycles. The molecule has 2 heteroatoms. The Hall–Kier alpha value is 0.759. The van der Waals surface area contributed by atoms with Crippen LogP contribution < -0.4 is 0 Å². The summed E-state index contributed by atoms with van der Waals surface area (Å²) in [6.45, 7) is 4.69. The maximum atomic E-state index is 8.75. The van der Waals surface area contributed by atoms with Crippen molar-refractivity contribution in [1.29, 1.82) is 0 Å². The van der Waals surface area contributed by atoms with Crippen molar-refractivity contribution in [3.8, 4) is 0 Å². The van der Waals surface area contributed by atoms with Gasteiger partial charge in [-0.25, -0.2) is 0 Å². The van der Waals surface area contributed by atoms with Crippen LogP contribution in [0.2, 0.25) is 0 Å². The van der Waals surface area contributed by atoms with E-state index in [0.29, 0.717) is 12.5 Å². The molecule has 1 unspecified atom stereocenters. The number of hydrogen-bond acceptors (Lipinski definition) is 1. The molecule has 0 aliphatic carbocycles. The Balaban J connectivity index is 0. The molecule has 0 saturated heterocycles. The summed E-state index contributed by atoms with van der Waals surface area (Å²) < 4.78 is 0. The summed E-state index contributed by atoms with van der Waals surface area (Å²) in [4.78, 5) is 0. The summed E-state index contributed by atoms with van der Waals surface area (Å²) in [6.07, 6.45) is 4.83. The standard InChI is InChI=1S/C8H18O.Sn.2H/c1-3-5-6-8(4-2)7-9;;;/h8-9H,3-7H2,1-2H3;;;. The zero-order valence-corrected chi connectivity index (χ0v) is 11.3. The summed E-state index contributed by atoms with van der Waals surface area (Å²) in [7, 11) is 0. The third kappa shape index (κ3) is 6.87. The van der Waals surface area contributed by atoms with Crippen LogP contribution in [0.25, 0.3) is 0 Å². The Morgan fingerprint density at radius 2 is 1.90 bits per heavy atom. The molecule has 0 saturated carbocycles. The summed E-state index contributed by atoms with van der Waals surface area (Å²) >= 11 is 0. The number of aliphatic hydroxyl groups excluding tert-OH is 1. The second kappa shape index (κ2) is 9.76. The molecule has 0 heterocycles. The number of unbranched alkanes of at least 4 members (excludes halogenated alkanes) is 1. The van der Waals surface area contributed by atoms with Crippen LogP contribution in [-0.2, 0) is 0 Å². The normalized spacial score (nSPS) is 12.3. The van der Waals surface area contributed by atoms with Gasteiger partial charge in [0.25, 0.3) is 0 Å². The molecule has 0 aromatic heterocycles. The molecule has 62 valence electrons. The van der Waals surface area contributed by atoms with Gasteiger partial charge in [0.05, 0.1) is 0 Å². The van der Waals surface area contributed by atoms with Crippen molar-refractivity contribution >= 4 is 23.9 Å². The molecule has 0 aliphatic heterocycles. The fourth-order valence-electron chi connectivity index (χ4n) is 0.917. The first-order valence-corrected chi connectivity index (χ1v) is 3.96. The molecular weight excluding hydrogens is 231 g/mol. The van der Waals surface area contributed by atoms with E-state index in [1.165, 1.54) is 19.3 Å². The summed E-state index contributed by atoms with van der Waals surface area (Å²) in [5.74, 6) is 0.560. The van der Waals surface area contributed by atoms with Crippen LogP contribution in [0.15, 0.2) is 0 Å². The van der Waals surface area contributed by atoms with Crippen molar-refractivity contribution < 1.29 is 5.11 Å². The Bertz CT molecular complexity index is 53.2. The monoisotopic (exact) mass is 252 g/mol. The van der Waals surface area contributed by atoms with Crippen LogP contribution in [0.3, 0.4) is 0 Å². The van der Waals surface area contributed by atoms with Crippen LogP contribution in [0.4, 0.5) is 0 Å². The van der Waals surface area contributed by atoms with Crippen molar-refractivity contribution in [3.05, 3.63) is 0 Å². The minimum absolute atomic E-state index is 0. The minimum atomic E-state index is 0. The molecule has 0 aliphatic rings. The third-order valence-electron chi connectivity index (χ3n) is 1.80. The van der Waals surface area contributed by atoms with Gasteiger partial charge in [0.1, 0.15) is 0 Å². The van der Waals surface area contributed by atoms with E-state index >= 15 is 0 Å². The van der Waals surface area contributed by atoms with Gasteiger partial charge in [0.15, 0.2) is 0 Å². The Morgan fingerprint density at radius 3 is 2.20 bits per heavy atom. The van der Waals surface area contributed by atoms with E-state index in [1.54, 1.807) is 0 Å². The second-order valence-corrected chi connectivity index (χ2v) is 2.60. The van der Waals surface area contributed by atoms with Gasteiger partial charge in [-0.1, -0.05) is 33.1 Å². The second-order valence-electron chi connectivity index (χ2n) is 2.60. The molecular formula is C8H20OSn. The first-order chi connectivity index (χ1) is 4.35. The van der Waals surface area contributed by atoms with Gasteiger partial charge in [0.2, 0.25) is 0 Å². The first-order valence-electron chi connectivity index (χ1n) is 3.96. The summed E-state index contributed by atoms with van der Waals surface area (Å²) in [5.41, 5.74) is 0. The van der Waals surface area contributed by atoms with Crippen molar-refractivity contribution in [1.82, 2.24) is 0 Å². The van der Waals surface area contributed by atoms with E-state index in [4.69, 9.17) is 5.11 Å². The van der Waals surface area contributed by atoms with E-state index < -0.39 is 0 Å². The fraction of sp³-hybridized carbons (Fsp3) is 1.00. The quantitative estimate of drug-likeness (QED) is 0.729. The van der Waals surface area contributed by atoms with Gasteiger partial charge in [-0.3, -0.25) is 0 Å². The maximum absolute atomic E-state index is 8.75. The predicted molar refractivity (Wildman–Crippen MR) is 48.9 cm³/mol. The summed E-state index contributed by atoms with van der Waals surface area (Å²) in [6, 6.07) is 0. The van der Waals surface area contributed by atoms with Gasteiger partial charge in [-0.2, -0.15) is 0 Å². The van der Waals surface area contributed by atoms with Gasteiger partial charge >= 0.3 is 23.9 Å². The van der Waals surface area contributed by atoms with E-state index in [2.05, 4.69) is 13.8 Å². The van der Waals surface area contributed by atoms with Gasteiger partial charge < -0.3 is 5.11 Å². The molecule has 0 fully saturated rings. The molecule has 0 rings (SSSR count). The Labute approximate surface area is 81.2 Å². The Kier molecular flexibility index (Phi) is 13.0. The van der Waals surface area contributed by atoms with Crippen molar-refractivity contribution in [2.24, 2.45) is 5.92 Å². The van der Waals surface area contributed by atoms with Crippen LogP contribution >= 0.6 is 0 Å². The molecule has 10 heavy (non-hydrogen) atoms. The van der Waals surface area contributed by atoms with Gasteiger partial charge in [-0.05, 0) is 12.3 Å². The summed E-state index contributed by atoms with van der Waals surface area (Å²) in [5, 5.41) is 8.75. The van der Waals surface area contributed by atoms with E-state index in [1.807, 2.05) is 0 Å². The zero-order chi connectivity index (χ0) is 7.11. The number of aliphatic hydroxyl groups is 1. The average Bonchev–Trinajstić information content (AvgIpc) is 1.91.